The number of likely N-dealkylation sites (N-methyl/N-ethyl adjacent to an activating group) is 1. The lowest BCUT2D eigenvalue weighted by Gasteiger charge is -2.35. The lowest BCUT2D eigenvalue weighted by molar-refractivity contribution is -0.128. The summed E-state index contributed by atoms with van der Waals surface area (Å²) in [7, 11) is 1.86. The molecule has 0 heterocycles. The van der Waals surface area contributed by atoms with Crippen LogP contribution in [-0.2, 0) is 9.53 Å². The molecule has 2 unspecified atom stereocenters. The molecular formula is C17H30N2O3. The highest BCUT2D eigenvalue weighted by molar-refractivity contribution is 5.87. The molecule has 0 aromatic carbocycles. The topological polar surface area (TPSA) is 58.6 Å². The molecule has 1 saturated carbocycles. The molecule has 1 N–H and O–H groups in total. The maximum atomic E-state index is 12.2. The van der Waals surface area contributed by atoms with Crippen molar-refractivity contribution in [2.45, 2.75) is 65.0 Å². The van der Waals surface area contributed by atoms with Crippen molar-refractivity contribution in [1.82, 2.24) is 10.2 Å². The molecule has 0 aliphatic heterocycles. The van der Waals surface area contributed by atoms with Crippen LogP contribution < -0.4 is 5.32 Å². The van der Waals surface area contributed by atoms with Gasteiger partial charge in [0.25, 0.3) is 0 Å². The second-order valence-corrected chi connectivity index (χ2v) is 7.06. The van der Waals surface area contributed by atoms with Gasteiger partial charge in [0, 0.05) is 25.7 Å². The van der Waals surface area contributed by atoms with Crippen LogP contribution in [0.3, 0.4) is 0 Å². The van der Waals surface area contributed by atoms with Crippen molar-refractivity contribution in [2.75, 3.05) is 13.6 Å². The molecule has 22 heavy (non-hydrogen) atoms. The van der Waals surface area contributed by atoms with Gasteiger partial charge in [0.15, 0.2) is 0 Å². The van der Waals surface area contributed by atoms with Crippen LogP contribution in [0.4, 0.5) is 4.79 Å². The molecule has 2 atom stereocenters. The number of alkyl carbamates (subject to hydrolysis) is 1. The third-order valence-electron chi connectivity index (χ3n) is 3.93. The van der Waals surface area contributed by atoms with Gasteiger partial charge in [0.2, 0.25) is 5.91 Å². The third kappa shape index (κ3) is 6.50. The average Bonchev–Trinajstić information content (AvgIpc) is 2.41. The van der Waals surface area contributed by atoms with Crippen molar-refractivity contribution < 1.29 is 14.3 Å². The van der Waals surface area contributed by atoms with Crippen LogP contribution in [0.5, 0.6) is 0 Å². The second kappa shape index (κ2) is 8.20. The third-order valence-corrected chi connectivity index (χ3v) is 3.93. The molecule has 0 saturated heterocycles. The summed E-state index contributed by atoms with van der Waals surface area (Å²) in [6.07, 6.45) is 7.43. The number of hydrogen-bond acceptors (Lipinski definition) is 3. The Hall–Kier alpha value is -1.52. The Balaban J connectivity index is 2.36. The van der Waals surface area contributed by atoms with E-state index in [1.54, 1.807) is 6.08 Å². The number of nitrogens with one attached hydrogen (secondary N) is 1. The largest absolute Gasteiger partial charge is 0.444 e. The maximum Gasteiger partial charge on any atom is 0.407 e. The summed E-state index contributed by atoms with van der Waals surface area (Å²) in [4.78, 5) is 25.4. The predicted molar refractivity (Wildman–Crippen MR) is 87.6 cm³/mol. The number of amides is 2. The van der Waals surface area contributed by atoms with Crippen LogP contribution in [0.1, 0.15) is 53.4 Å². The quantitative estimate of drug-likeness (QED) is 0.812. The number of carbonyl (C=O) groups is 2. The Morgan fingerprint density at radius 2 is 1.91 bits per heavy atom. The first kappa shape index (κ1) is 18.5. The van der Waals surface area contributed by atoms with Crippen LogP contribution in [0, 0.1) is 5.92 Å². The second-order valence-electron chi connectivity index (χ2n) is 7.06. The van der Waals surface area contributed by atoms with Crippen molar-refractivity contribution in [1.29, 1.82) is 0 Å². The molecule has 1 aliphatic carbocycles. The molecule has 2 amide bonds. The van der Waals surface area contributed by atoms with Crippen LogP contribution in [0.2, 0.25) is 0 Å². The Morgan fingerprint density at radius 3 is 2.50 bits per heavy atom. The van der Waals surface area contributed by atoms with Crippen molar-refractivity contribution in [2.24, 2.45) is 5.92 Å². The van der Waals surface area contributed by atoms with Gasteiger partial charge in [-0.3, -0.25) is 4.79 Å². The van der Waals surface area contributed by atoms with E-state index in [0.29, 0.717) is 12.0 Å². The van der Waals surface area contributed by atoms with Crippen LogP contribution in [-0.4, -0.2) is 42.1 Å². The first-order valence-corrected chi connectivity index (χ1v) is 8.11. The van der Waals surface area contributed by atoms with Gasteiger partial charge in [-0.05, 0) is 39.5 Å². The first-order chi connectivity index (χ1) is 10.2. The lowest BCUT2D eigenvalue weighted by atomic mass is 9.85. The van der Waals surface area contributed by atoms with Gasteiger partial charge < -0.3 is 15.0 Å². The van der Waals surface area contributed by atoms with E-state index in [2.05, 4.69) is 12.2 Å². The Kier molecular flexibility index (Phi) is 6.91. The number of carbonyl (C=O) groups excluding carboxylic acids is 2. The number of rotatable bonds is 4. The summed E-state index contributed by atoms with van der Waals surface area (Å²) < 4.78 is 5.12. The molecule has 5 nitrogen and oxygen atoms in total. The van der Waals surface area contributed by atoms with Gasteiger partial charge in [0.1, 0.15) is 5.60 Å². The fourth-order valence-corrected chi connectivity index (χ4v) is 2.77. The summed E-state index contributed by atoms with van der Waals surface area (Å²) in [6, 6.07) is 0.324. The minimum Gasteiger partial charge on any atom is -0.444 e. The number of ether oxygens (including phenoxy) is 1. The normalized spacial score (nSPS) is 22.4. The minimum atomic E-state index is -0.513. The fourth-order valence-electron chi connectivity index (χ4n) is 2.77. The highest BCUT2D eigenvalue weighted by atomic mass is 16.6. The lowest BCUT2D eigenvalue weighted by Crippen LogP contribution is -2.42. The molecule has 0 aromatic heterocycles. The van der Waals surface area contributed by atoms with Gasteiger partial charge >= 0.3 is 6.09 Å². The summed E-state index contributed by atoms with van der Waals surface area (Å²) in [5.41, 5.74) is -0.513. The summed E-state index contributed by atoms with van der Waals surface area (Å²) in [5, 5.41) is 2.60. The van der Waals surface area contributed by atoms with Crippen molar-refractivity contribution in [3.8, 4) is 0 Å². The van der Waals surface area contributed by atoms with E-state index in [4.69, 9.17) is 4.74 Å². The summed E-state index contributed by atoms with van der Waals surface area (Å²) >= 11 is 0. The fraction of sp³-hybridized carbons (Fsp3) is 0.765. The highest BCUT2D eigenvalue weighted by Gasteiger charge is 2.26. The van der Waals surface area contributed by atoms with Crippen molar-refractivity contribution in [3.63, 3.8) is 0 Å². The van der Waals surface area contributed by atoms with E-state index in [9.17, 15) is 9.59 Å². The Bertz CT molecular complexity index is 413. The minimum absolute atomic E-state index is 0.00950. The van der Waals surface area contributed by atoms with E-state index in [1.807, 2.05) is 32.7 Å². The SMILES string of the molecule is CC1CCCCC1N(C)C(=O)/C=C/CNC(=O)OC(C)(C)C. The zero-order valence-electron chi connectivity index (χ0n) is 14.5. The molecule has 126 valence electrons. The van der Waals surface area contributed by atoms with Crippen LogP contribution in [0.15, 0.2) is 12.2 Å². The molecule has 5 heteroatoms. The van der Waals surface area contributed by atoms with Crippen LogP contribution in [0.25, 0.3) is 0 Å². The van der Waals surface area contributed by atoms with E-state index in [0.717, 1.165) is 6.42 Å². The van der Waals surface area contributed by atoms with E-state index < -0.39 is 11.7 Å². The van der Waals surface area contributed by atoms with Crippen molar-refractivity contribution >= 4 is 12.0 Å². The Labute approximate surface area is 134 Å². The number of nitrogens with zero attached hydrogens (tertiary/aromatic N) is 1. The molecule has 1 rings (SSSR count). The zero-order valence-corrected chi connectivity index (χ0v) is 14.5. The van der Waals surface area contributed by atoms with E-state index >= 15 is 0 Å². The first-order valence-electron chi connectivity index (χ1n) is 8.11. The standard InChI is InChI=1S/C17H30N2O3/c1-13-9-6-7-10-14(13)19(5)15(20)11-8-12-18-16(21)22-17(2,3)4/h8,11,13-14H,6-7,9-10,12H2,1-5H3,(H,18,21)/b11-8+. The average molecular weight is 310 g/mol. The maximum absolute atomic E-state index is 12.2. The molecule has 0 bridgehead atoms. The molecule has 0 aromatic rings. The number of hydrogen-bond donors (Lipinski definition) is 1. The zero-order chi connectivity index (χ0) is 16.8. The summed E-state index contributed by atoms with van der Waals surface area (Å²) in [5.74, 6) is 0.542. The van der Waals surface area contributed by atoms with Crippen molar-refractivity contribution in [3.05, 3.63) is 12.2 Å². The van der Waals surface area contributed by atoms with E-state index in [1.165, 1.54) is 25.3 Å². The molecule has 0 spiro atoms. The highest BCUT2D eigenvalue weighted by Crippen LogP contribution is 2.27. The van der Waals surface area contributed by atoms with Gasteiger partial charge in [0.05, 0.1) is 0 Å². The molecule has 1 fully saturated rings. The molecular weight excluding hydrogens is 280 g/mol. The van der Waals surface area contributed by atoms with Crippen LogP contribution >= 0.6 is 0 Å². The summed E-state index contributed by atoms with van der Waals surface area (Å²) in [6.45, 7) is 7.93. The van der Waals surface area contributed by atoms with Gasteiger partial charge in [-0.25, -0.2) is 4.79 Å². The Morgan fingerprint density at radius 1 is 1.27 bits per heavy atom. The molecule has 1 aliphatic rings. The van der Waals surface area contributed by atoms with Gasteiger partial charge in [-0.1, -0.05) is 25.8 Å². The van der Waals surface area contributed by atoms with E-state index in [-0.39, 0.29) is 12.5 Å². The van der Waals surface area contributed by atoms with Gasteiger partial charge in [-0.15, -0.1) is 0 Å². The predicted octanol–water partition coefficient (Wildman–Crippen LogP) is 3.10. The molecule has 0 radical (unpaired) electrons. The smallest absolute Gasteiger partial charge is 0.407 e. The van der Waals surface area contributed by atoms with Gasteiger partial charge in [-0.2, -0.15) is 0 Å². The monoisotopic (exact) mass is 310 g/mol.